The minimum atomic E-state index is 0.627. The molecule has 0 spiro atoms. The molecular formula is C10H13BrClNO. The van der Waals surface area contributed by atoms with Crippen LogP contribution < -0.4 is 10.5 Å². The van der Waals surface area contributed by atoms with Gasteiger partial charge in [0, 0.05) is 4.47 Å². The molecule has 0 saturated carbocycles. The topological polar surface area (TPSA) is 35.2 Å². The molecule has 0 saturated heterocycles. The number of hydrogen-bond donors (Lipinski definition) is 1. The molecule has 0 heterocycles. The zero-order valence-corrected chi connectivity index (χ0v) is 10.4. The summed E-state index contributed by atoms with van der Waals surface area (Å²) < 4.78 is 6.11. The Hall–Kier alpha value is -0.250. The smallest absolute Gasteiger partial charge is 0.141 e. The van der Waals surface area contributed by atoms with Gasteiger partial charge in [0.15, 0.2) is 0 Å². The van der Waals surface area contributed by atoms with Gasteiger partial charge in [0.25, 0.3) is 0 Å². The van der Waals surface area contributed by atoms with E-state index in [-0.39, 0.29) is 0 Å². The predicted octanol–water partition coefficient (Wildman–Crippen LogP) is 3.00. The molecule has 0 unspecified atom stereocenters. The fourth-order valence-electron chi connectivity index (χ4n) is 1.28. The van der Waals surface area contributed by atoms with E-state index in [1.54, 1.807) is 7.11 Å². The number of nitrogens with two attached hydrogens (primary N) is 1. The molecule has 1 aromatic carbocycles. The number of hydrogen-bond acceptors (Lipinski definition) is 2. The van der Waals surface area contributed by atoms with Crippen LogP contribution in [0.1, 0.15) is 12.0 Å². The van der Waals surface area contributed by atoms with Gasteiger partial charge in [-0.1, -0.05) is 17.7 Å². The first kappa shape index (κ1) is 11.8. The number of aryl methyl sites for hydroxylation is 1. The summed E-state index contributed by atoms with van der Waals surface area (Å²) in [5.41, 5.74) is 6.56. The van der Waals surface area contributed by atoms with Crippen LogP contribution in [0.3, 0.4) is 0 Å². The van der Waals surface area contributed by atoms with Gasteiger partial charge in [0.05, 0.1) is 12.1 Å². The van der Waals surface area contributed by atoms with Crippen molar-refractivity contribution >= 4 is 27.5 Å². The van der Waals surface area contributed by atoms with E-state index in [1.807, 2.05) is 12.1 Å². The lowest BCUT2D eigenvalue weighted by molar-refractivity contribution is 0.409. The molecule has 0 aliphatic heterocycles. The summed E-state index contributed by atoms with van der Waals surface area (Å²) in [6.07, 6.45) is 1.83. The van der Waals surface area contributed by atoms with Gasteiger partial charge in [-0.3, -0.25) is 0 Å². The first-order chi connectivity index (χ1) is 6.70. The van der Waals surface area contributed by atoms with Gasteiger partial charge >= 0.3 is 0 Å². The highest BCUT2D eigenvalue weighted by atomic mass is 79.9. The molecule has 2 nitrogen and oxygen atoms in total. The van der Waals surface area contributed by atoms with Crippen LogP contribution in [0.2, 0.25) is 5.02 Å². The second kappa shape index (κ2) is 5.59. The third-order valence-corrected chi connectivity index (χ3v) is 3.25. The van der Waals surface area contributed by atoms with Crippen LogP contribution in [0.4, 0.5) is 0 Å². The van der Waals surface area contributed by atoms with Crippen molar-refractivity contribution in [3.8, 4) is 5.75 Å². The average molecular weight is 279 g/mol. The van der Waals surface area contributed by atoms with Gasteiger partial charge in [0.2, 0.25) is 0 Å². The molecule has 1 aromatic rings. The molecule has 1 rings (SSSR count). The van der Waals surface area contributed by atoms with E-state index in [0.29, 0.717) is 11.6 Å². The van der Waals surface area contributed by atoms with E-state index in [1.165, 1.54) is 0 Å². The Morgan fingerprint density at radius 3 is 2.79 bits per heavy atom. The minimum absolute atomic E-state index is 0.627. The highest BCUT2D eigenvalue weighted by Gasteiger charge is 2.10. The second-order valence-electron chi connectivity index (χ2n) is 2.95. The maximum Gasteiger partial charge on any atom is 0.141 e. The number of rotatable bonds is 4. The molecule has 0 bridgehead atoms. The molecule has 0 aliphatic carbocycles. The van der Waals surface area contributed by atoms with Crippen LogP contribution in [-0.4, -0.2) is 13.7 Å². The summed E-state index contributed by atoms with van der Waals surface area (Å²) in [7, 11) is 1.62. The molecular weight excluding hydrogens is 265 g/mol. The first-order valence-corrected chi connectivity index (χ1v) is 5.58. The lowest BCUT2D eigenvalue weighted by Gasteiger charge is -2.10. The van der Waals surface area contributed by atoms with E-state index in [9.17, 15) is 0 Å². The van der Waals surface area contributed by atoms with Gasteiger partial charge in [0.1, 0.15) is 5.75 Å². The van der Waals surface area contributed by atoms with Crippen LogP contribution >= 0.6 is 27.5 Å². The molecule has 0 atom stereocenters. The van der Waals surface area contributed by atoms with Gasteiger partial charge in [-0.25, -0.2) is 0 Å². The van der Waals surface area contributed by atoms with Crippen molar-refractivity contribution in [2.45, 2.75) is 12.8 Å². The predicted molar refractivity (Wildman–Crippen MR) is 63.1 cm³/mol. The molecule has 0 amide bonds. The molecule has 2 N–H and O–H groups in total. The van der Waals surface area contributed by atoms with Crippen molar-refractivity contribution in [2.75, 3.05) is 13.7 Å². The molecule has 4 heteroatoms. The van der Waals surface area contributed by atoms with Crippen LogP contribution in [0.25, 0.3) is 0 Å². The van der Waals surface area contributed by atoms with Gasteiger partial charge in [-0.15, -0.1) is 0 Å². The Labute approximate surface area is 97.5 Å². The van der Waals surface area contributed by atoms with Crippen LogP contribution in [0.15, 0.2) is 16.6 Å². The third kappa shape index (κ3) is 2.62. The summed E-state index contributed by atoms with van der Waals surface area (Å²) >= 11 is 9.43. The van der Waals surface area contributed by atoms with E-state index in [0.717, 1.165) is 28.6 Å². The summed E-state index contributed by atoms with van der Waals surface area (Å²) in [4.78, 5) is 0. The lowest BCUT2D eigenvalue weighted by atomic mass is 10.1. The zero-order valence-electron chi connectivity index (χ0n) is 8.02. The quantitative estimate of drug-likeness (QED) is 0.919. The van der Waals surface area contributed by atoms with E-state index in [4.69, 9.17) is 22.1 Å². The standard InChI is InChI=1S/C10H13BrClNO/c1-14-10-7(3-2-6-13)4-5-8(11)9(10)12/h4-5H,2-3,6,13H2,1H3. The second-order valence-corrected chi connectivity index (χ2v) is 4.18. The Kier molecular flexibility index (Phi) is 4.72. The minimum Gasteiger partial charge on any atom is -0.495 e. The Bertz CT molecular complexity index is 317. The first-order valence-electron chi connectivity index (χ1n) is 4.41. The molecule has 0 radical (unpaired) electrons. The molecule has 0 aliphatic rings. The van der Waals surface area contributed by atoms with Crippen molar-refractivity contribution in [1.82, 2.24) is 0 Å². The largest absolute Gasteiger partial charge is 0.495 e. The van der Waals surface area contributed by atoms with Crippen LogP contribution in [0, 0.1) is 0 Å². The normalized spacial score (nSPS) is 10.3. The van der Waals surface area contributed by atoms with Gasteiger partial charge in [-0.05, 0) is 46.9 Å². The van der Waals surface area contributed by atoms with Crippen LogP contribution in [-0.2, 0) is 6.42 Å². The Morgan fingerprint density at radius 2 is 2.21 bits per heavy atom. The number of ether oxygens (including phenoxy) is 1. The monoisotopic (exact) mass is 277 g/mol. The van der Waals surface area contributed by atoms with Gasteiger partial charge in [-0.2, -0.15) is 0 Å². The van der Waals surface area contributed by atoms with E-state index in [2.05, 4.69) is 15.9 Å². The fourth-order valence-corrected chi connectivity index (χ4v) is 1.86. The number of benzene rings is 1. The maximum absolute atomic E-state index is 6.07. The Balaban J connectivity index is 2.98. The zero-order chi connectivity index (χ0) is 10.6. The molecule has 0 fully saturated rings. The van der Waals surface area contributed by atoms with E-state index < -0.39 is 0 Å². The maximum atomic E-state index is 6.07. The van der Waals surface area contributed by atoms with Crippen molar-refractivity contribution in [3.63, 3.8) is 0 Å². The van der Waals surface area contributed by atoms with Crippen molar-refractivity contribution in [3.05, 3.63) is 27.2 Å². The molecule has 78 valence electrons. The van der Waals surface area contributed by atoms with E-state index >= 15 is 0 Å². The number of methoxy groups -OCH3 is 1. The van der Waals surface area contributed by atoms with Gasteiger partial charge < -0.3 is 10.5 Å². The summed E-state index contributed by atoms with van der Waals surface area (Å²) in [6, 6.07) is 3.93. The Morgan fingerprint density at radius 1 is 1.50 bits per heavy atom. The summed E-state index contributed by atoms with van der Waals surface area (Å²) in [6.45, 7) is 0.677. The highest BCUT2D eigenvalue weighted by Crippen LogP contribution is 2.35. The van der Waals surface area contributed by atoms with Crippen LogP contribution in [0.5, 0.6) is 5.75 Å². The van der Waals surface area contributed by atoms with Crippen molar-refractivity contribution in [1.29, 1.82) is 0 Å². The molecule has 14 heavy (non-hydrogen) atoms. The summed E-state index contributed by atoms with van der Waals surface area (Å²) in [5, 5.41) is 0.627. The molecule has 0 aromatic heterocycles. The van der Waals surface area contributed by atoms with Crippen molar-refractivity contribution < 1.29 is 4.74 Å². The highest BCUT2D eigenvalue weighted by molar-refractivity contribution is 9.10. The van der Waals surface area contributed by atoms with Crippen molar-refractivity contribution in [2.24, 2.45) is 5.73 Å². The average Bonchev–Trinajstić information content (AvgIpc) is 2.20. The summed E-state index contributed by atoms with van der Waals surface area (Å²) in [5.74, 6) is 0.745. The third-order valence-electron chi connectivity index (χ3n) is 1.99. The lowest BCUT2D eigenvalue weighted by Crippen LogP contribution is -2.01. The SMILES string of the molecule is COc1c(CCCN)ccc(Br)c1Cl. The fraction of sp³-hybridized carbons (Fsp3) is 0.400. The number of halogens is 2.